The summed E-state index contributed by atoms with van der Waals surface area (Å²) in [5.74, 6) is 1.78. The van der Waals surface area contributed by atoms with Gasteiger partial charge in [0.15, 0.2) is 0 Å². The highest BCUT2D eigenvalue weighted by atomic mass is 32.2. The van der Waals surface area contributed by atoms with Gasteiger partial charge >= 0.3 is 0 Å². The summed E-state index contributed by atoms with van der Waals surface area (Å²) in [6, 6.07) is 0. The molecule has 53 valence electrons. The molecule has 0 aromatic carbocycles. The van der Waals surface area contributed by atoms with E-state index in [-0.39, 0.29) is 0 Å². The average Bonchev–Trinajstić information content (AvgIpc) is 2.48. The molecule has 2 atom stereocenters. The number of hydrogen-bond donors (Lipinski definition) is 0. The van der Waals surface area contributed by atoms with Gasteiger partial charge in [0.2, 0.25) is 0 Å². The lowest BCUT2D eigenvalue weighted by Crippen LogP contribution is -2.02. The van der Waals surface area contributed by atoms with Crippen LogP contribution in [-0.4, -0.2) is 16.6 Å². The fraction of sp³-hybridized carbons (Fsp3) is 0.857. The van der Waals surface area contributed by atoms with E-state index in [1.807, 2.05) is 0 Å². The minimum atomic E-state index is -0.568. The van der Waals surface area contributed by atoms with Gasteiger partial charge in [0, 0.05) is 0 Å². The third kappa shape index (κ3) is 3.82. The van der Waals surface area contributed by atoms with Gasteiger partial charge in [-0.1, -0.05) is 11.2 Å². The zero-order valence-corrected chi connectivity index (χ0v) is 6.62. The molecule has 1 aliphatic carbocycles. The highest BCUT2D eigenvalue weighted by molar-refractivity contribution is 7.90. The highest BCUT2D eigenvalue weighted by Gasteiger charge is 2.21. The first kappa shape index (κ1) is 7.42. The summed E-state index contributed by atoms with van der Waals surface area (Å²) in [6.07, 6.45) is 7.80. The summed E-state index contributed by atoms with van der Waals surface area (Å²) in [5, 5.41) is 0. The van der Waals surface area contributed by atoms with Crippen LogP contribution in [0.4, 0.5) is 0 Å². The van der Waals surface area contributed by atoms with Crippen LogP contribution in [0.2, 0.25) is 0 Å². The highest BCUT2D eigenvalue weighted by Crippen LogP contribution is 2.31. The molecule has 0 aromatic heterocycles. The maximum absolute atomic E-state index is 10.5. The first-order valence-electron chi connectivity index (χ1n) is 3.42. The Kier molecular flexibility index (Phi) is 2.86. The van der Waals surface area contributed by atoms with Gasteiger partial charge in [-0.15, -0.1) is 0 Å². The molecule has 1 saturated carbocycles. The van der Waals surface area contributed by atoms with Crippen LogP contribution in [0.5, 0.6) is 0 Å². The monoisotopic (exact) mass is 145 g/mol. The van der Waals surface area contributed by atoms with E-state index in [0.717, 1.165) is 18.1 Å². The minimum absolute atomic E-state index is 0.568. The van der Waals surface area contributed by atoms with Crippen molar-refractivity contribution in [3.63, 3.8) is 0 Å². The van der Waals surface area contributed by atoms with E-state index in [2.05, 4.69) is 6.42 Å². The van der Waals surface area contributed by atoms with Crippen molar-refractivity contribution in [3.05, 3.63) is 6.42 Å². The third-order valence-electron chi connectivity index (χ3n) is 1.58. The normalized spacial score (nSPS) is 22.0. The van der Waals surface area contributed by atoms with Crippen LogP contribution >= 0.6 is 0 Å². The molecule has 0 N–H and O–H groups in total. The molecule has 0 heterocycles. The molecule has 0 amide bonds. The van der Waals surface area contributed by atoms with Crippen molar-refractivity contribution < 1.29 is 4.55 Å². The van der Waals surface area contributed by atoms with Gasteiger partial charge in [0.05, 0.1) is 6.26 Å². The topological polar surface area (TPSA) is 23.1 Å². The second kappa shape index (κ2) is 3.47. The van der Waals surface area contributed by atoms with Crippen LogP contribution in [0.15, 0.2) is 0 Å². The fourth-order valence-corrected chi connectivity index (χ4v) is 1.45. The summed E-state index contributed by atoms with van der Waals surface area (Å²) in [7, 11) is 0. The first-order valence-corrected chi connectivity index (χ1v) is 5.15. The van der Waals surface area contributed by atoms with E-state index in [1.54, 1.807) is 6.26 Å². The molecule has 1 radical (unpaired) electrons. The smallest absolute Gasteiger partial charge is 0.105 e. The molecule has 0 aromatic rings. The van der Waals surface area contributed by atoms with Gasteiger partial charge in [0.25, 0.3) is 0 Å². The van der Waals surface area contributed by atoms with E-state index in [9.17, 15) is 4.55 Å². The zero-order valence-electron chi connectivity index (χ0n) is 5.80. The van der Waals surface area contributed by atoms with E-state index in [1.165, 1.54) is 12.8 Å². The quantitative estimate of drug-likeness (QED) is 0.548. The van der Waals surface area contributed by atoms with Crippen LogP contribution < -0.4 is 0 Å². The lowest BCUT2D eigenvalue weighted by atomic mass is 10.2. The summed E-state index contributed by atoms with van der Waals surface area (Å²) < 4.78 is 10.5. The lowest BCUT2D eigenvalue weighted by Gasteiger charge is -2.02. The Morgan fingerprint density at radius 3 is 2.89 bits per heavy atom. The second-order valence-corrected chi connectivity index (χ2v) is 4.21. The van der Waals surface area contributed by atoms with E-state index in [4.69, 9.17) is 0 Å². The van der Waals surface area contributed by atoms with Crippen LogP contribution in [0.3, 0.4) is 0 Å². The predicted molar refractivity (Wildman–Crippen MR) is 40.6 cm³/mol. The van der Waals surface area contributed by atoms with Crippen LogP contribution in [0, 0.1) is 12.3 Å². The van der Waals surface area contributed by atoms with Gasteiger partial charge in [0.1, 0.15) is 5.75 Å². The van der Waals surface area contributed by atoms with E-state index < -0.39 is 11.2 Å². The maximum atomic E-state index is 10.5. The second-order valence-electron chi connectivity index (χ2n) is 2.65. The Morgan fingerprint density at radius 2 is 2.44 bits per heavy atom. The molecule has 1 aliphatic rings. The average molecular weight is 145 g/mol. The van der Waals surface area contributed by atoms with Crippen LogP contribution in [0.25, 0.3) is 0 Å². The summed E-state index contributed by atoms with van der Waals surface area (Å²) >= 11 is -0.568. The van der Waals surface area contributed by atoms with Gasteiger partial charge in [-0.05, 0) is 31.6 Å². The molecule has 0 spiro atoms. The first-order chi connectivity index (χ1) is 4.29. The molecule has 0 bridgehead atoms. The van der Waals surface area contributed by atoms with Crippen molar-refractivity contribution in [2.24, 2.45) is 5.92 Å². The van der Waals surface area contributed by atoms with Crippen molar-refractivity contribution in [1.82, 2.24) is 0 Å². The Labute approximate surface area is 60.0 Å². The summed E-state index contributed by atoms with van der Waals surface area (Å²) in [6.45, 7) is 0. The zero-order chi connectivity index (χ0) is 6.69. The third-order valence-corrected chi connectivity index (χ3v) is 2.44. The Morgan fingerprint density at radius 1 is 1.78 bits per heavy atom. The Bertz CT molecular complexity index is 77.0. The van der Waals surface area contributed by atoms with Crippen molar-refractivity contribution >= 4 is 11.2 Å². The molecule has 1 fully saturated rings. The van der Waals surface area contributed by atoms with Crippen molar-refractivity contribution in [2.75, 3.05) is 12.0 Å². The minimum Gasteiger partial charge on any atom is -0.617 e. The molecule has 1 rings (SSSR count). The van der Waals surface area contributed by atoms with E-state index in [0.29, 0.717) is 0 Å². The van der Waals surface area contributed by atoms with Gasteiger partial charge in [-0.25, -0.2) is 0 Å². The largest absolute Gasteiger partial charge is 0.617 e. The van der Waals surface area contributed by atoms with Crippen molar-refractivity contribution in [2.45, 2.75) is 19.3 Å². The standard InChI is InChI=1S/C7H13OS/c1-9(8)6-2-3-7-4-5-7/h4,7H,2-3,5-6H2,1H3. The molecule has 2 heteroatoms. The van der Waals surface area contributed by atoms with Crippen LogP contribution in [-0.2, 0) is 11.2 Å². The Balaban J connectivity index is 1.81. The molecule has 2 unspecified atom stereocenters. The molecular formula is C7H13OS. The molecule has 9 heavy (non-hydrogen) atoms. The summed E-state index contributed by atoms with van der Waals surface area (Å²) in [5.41, 5.74) is 0. The fourth-order valence-electron chi connectivity index (χ4n) is 0.881. The number of rotatable bonds is 4. The van der Waals surface area contributed by atoms with Gasteiger partial charge < -0.3 is 4.55 Å². The Hall–Kier alpha value is 0.310. The number of hydrogen-bond acceptors (Lipinski definition) is 1. The van der Waals surface area contributed by atoms with Crippen molar-refractivity contribution in [1.29, 1.82) is 0 Å². The van der Waals surface area contributed by atoms with Gasteiger partial charge in [-0.3, -0.25) is 0 Å². The lowest BCUT2D eigenvalue weighted by molar-refractivity contribution is 0.594. The van der Waals surface area contributed by atoms with Crippen LogP contribution in [0.1, 0.15) is 19.3 Å². The molecule has 1 nitrogen and oxygen atoms in total. The van der Waals surface area contributed by atoms with E-state index >= 15 is 0 Å². The SMILES string of the molecule is C[S+]([O-])CCCC1[CH]C1. The predicted octanol–water partition coefficient (Wildman–Crippen LogP) is 1.37. The summed E-state index contributed by atoms with van der Waals surface area (Å²) in [4.78, 5) is 0. The molecular weight excluding hydrogens is 132 g/mol. The maximum Gasteiger partial charge on any atom is 0.105 e. The van der Waals surface area contributed by atoms with Gasteiger partial charge in [-0.2, -0.15) is 0 Å². The molecule has 0 saturated heterocycles. The molecule has 0 aliphatic heterocycles. The van der Waals surface area contributed by atoms with Crippen molar-refractivity contribution in [3.8, 4) is 0 Å².